The number of ether oxygens (including phenoxy) is 1. The van der Waals surface area contributed by atoms with E-state index >= 15 is 0 Å². The Bertz CT molecular complexity index is 748. The van der Waals surface area contributed by atoms with Crippen molar-refractivity contribution in [2.45, 2.75) is 57.3 Å². The van der Waals surface area contributed by atoms with Crippen molar-refractivity contribution < 1.29 is 24.2 Å². The van der Waals surface area contributed by atoms with Crippen LogP contribution >= 0.6 is 0 Å². The molecule has 28 heavy (non-hydrogen) atoms. The number of carbonyl (C=O) groups excluding carboxylic acids is 2. The number of hydrogen-bond donors (Lipinski definition) is 2. The lowest BCUT2D eigenvalue weighted by atomic mass is 10.1. The summed E-state index contributed by atoms with van der Waals surface area (Å²) in [6, 6.07) is 3.41. The van der Waals surface area contributed by atoms with E-state index in [0.717, 1.165) is 0 Å². The van der Waals surface area contributed by atoms with Gasteiger partial charge in [-0.05, 0) is 45.7 Å². The molecule has 152 valence electrons. The first-order valence-electron chi connectivity index (χ1n) is 9.36. The van der Waals surface area contributed by atoms with E-state index < -0.39 is 35.7 Å². The lowest BCUT2D eigenvalue weighted by Gasteiger charge is -2.29. The Kier molecular flexibility index (Phi) is 5.44. The summed E-state index contributed by atoms with van der Waals surface area (Å²) in [6.07, 6.45) is 1.92. The number of anilines is 1. The summed E-state index contributed by atoms with van der Waals surface area (Å²) in [6.45, 7) is 5.85. The van der Waals surface area contributed by atoms with Gasteiger partial charge in [-0.25, -0.2) is 14.6 Å². The maximum atomic E-state index is 13.2. The predicted molar refractivity (Wildman–Crippen MR) is 101 cm³/mol. The molecule has 0 aromatic carbocycles. The second-order valence-corrected chi connectivity index (χ2v) is 8.12. The molecule has 9 heteroatoms. The number of carboxylic acids is 1. The van der Waals surface area contributed by atoms with Crippen molar-refractivity contribution in [3.8, 4) is 0 Å². The zero-order chi connectivity index (χ0) is 20.5. The molecule has 2 saturated heterocycles. The minimum absolute atomic E-state index is 0.189. The number of amides is 2. The second-order valence-electron chi connectivity index (χ2n) is 8.12. The van der Waals surface area contributed by atoms with Gasteiger partial charge in [-0.2, -0.15) is 0 Å². The van der Waals surface area contributed by atoms with Gasteiger partial charge in [0.15, 0.2) is 0 Å². The topological polar surface area (TPSA) is 112 Å². The van der Waals surface area contributed by atoms with Crippen LogP contribution in [0.3, 0.4) is 0 Å². The van der Waals surface area contributed by atoms with Crippen LogP contribution < -0.4 is 10.2 Å². The monoisotopic (exact) mass is 390 g/mol. The maximum Gasteiger partial charge on any atom is 0.408 e. The van der Waals surface area contributed by atoms with Crippen molar-refractivity contribution in [2.75, 3.05) is 18.0 Å². The first-order valence-corrected chi connectivity index (χ1v) is 9.36. The van der Waals surface area contributed by atoms with Gasteiger partial charge in [-0.3, -0.25) is 4.79 Å². The number of alkyl carbamates (subject to hydrolysis) is 1. The lowest BCUT2D eigenvalue weighted by Crippen LogP contribution is -2.54. The summed E-state index contributed by atoms with van der Waals surface area (Å²) >= 11 is 0. The van der Waals surface area contributed by atoms with Crippen molar-refractivity contribution in [3.05, 3.63) is 24.4 Å². The Balaban J connectivity index is 1.88. The average molecular weight is 390 g/mol. The Morgan fingerprint density at radius 3 is 2.61 bits per heavy atom. The van der Waals surface area contributed by atoms with Crippen LogP contribution in [0.5, 0.6) is 0 Å². The third kappa shape index (κ3) is 4.35. The summed E-state index contributed by atoms with van der Waals surface area (Å²) in [5.74, 6) is -0.760. The van der Waals surface area contributed by atoms with Crippen LogP contribution in [-0.2, 0) is 14.3 Å². The molecule has 9 nitrogen and oxygen atoms in total. The van der Waals surface area contributed by atoms with E-state index in [1.165, 1.54) is 4.90 Å². The van der Waals surface area contributed by atoms with Gasteiger partial charge < -0.3 is 25.0 Å². The molecule has 0 bridgehead atoms. The zero-order valence-corrected chi connectivity index (χ0v) is 16.3. The second kappa shape index (κ2) is 7.65. The van der Waals surface area contributed by atoms with Crippen LogP contribution in [0, 0.1) is 0 Å². The number of carboxylic acid groups (broad SMARTS) is 1. The fourth-order valence-corrected chi connectivity index (χ4v) is 3.73. The van der Waals surface area contributed by atoms with Crippen molar-refractivity contribution >= 4 is 23.8 Å². The highest BCUT2D eigenvalue weighted by molar-refractivity contribution is 5.91. The standard InChI is InChI=1S/C19H26N4O5/c1-19(2,3)28-18(27)21-13-11-22(15-6-4-5-9-20-15)10-12-7-8-14(17(25)26)23(12)16(13)24/h4-6,9,12-14H,7-8,10-11H2,1-3H3,(H,21,27)(H,25,26)/t12-,13+,14+/m1/s1. The highest BCUT2D eigenvalue weighted by Crippen LogP contribution is 2.30. The number of nitrogens with zero attached hydrogens (tertiary/aromatic N) is 3. The van der Waals surface area contributed by atoms with Gasteiger partial charge in [0.2, 0.25) is 5.91 Å². The predicted octanol–water partition coefficient (Wildman–Crippen LogP) is 1.24. The minimum atomic E-state index is -1.03. The van der Waals surface area contributed by atoms with E-state index in [2.05, 4.69) is 10.3 Å². The molecule has 2 amide bonds. The van der Waals surface area contributed by atoms with Crippen LogP contribution in [0.1, 0.15) is 33.6 Å². The molecule has 0 radical (unpaired) electrons. The van der Waals surface area contributed by atoms with Gasteiger partial charge in [0.1, 0.15) is 23.5 Å². The van der Waals surface area contributed by atoms with Gasteiger partial charge in [-0.1, -0.05) is 6.07 Å². The van der Waals surface area contributed by atoms with Gasteiger partial charge in [0, 0.05) is 19.3 Å². The molecule has 3 rings (SSSR count). The highest BCUT2D eigenvalue weighted by Gasteiger charge is 2.47. The van der Waals surface area contributed by atoms with E-state index in [1.807, 2.05) is 17.0 Å². The molecule has 2 aliphatic rings. The first kappa shape index (κ1) is 19.9. The van der Waals surface area contributed by atoms with E-state index in [4.69, 9.17) is 4.74 Å². The number of nitrogens with one attached hydrogen (secondary N) is 1. The highest BCUT2D eigenvalue weighted by atomic mass is 16.6. The molecular weight excluding hydrogens is 364 g/mol. The van der Waals surface area contributed by atoms with Crippen LogP contribution in [0.25, 0.3) is 0 Å². The van der Waals surface area contributed by atoms with Crippen LogP contribution in [-0.4, -0.2) is 69.8 Å². The zero-order valence-electron chi connectivity index (χ0n) is 16.3. The van der Waals surface area contributed by atoms with Crippen LogP contribution in [0.15, 0.2) is 24.4 Å². The molecule has 0 saturated carbocycles. The van der Waals surface area contributed by atoms with Gasteiger partial charge in [-0.15, -0.1) is 0 Å². The van der Waals surface area contributed by atoms with Gasteiger partial charge in [0.25, 0.3) is 0 Å². The molecule has 3 atom stereocenters. The molecule has 0 unspecified atom stereocenters. The normalized spacial score (nSPS) is 25.1. The van der Waals surface area contributed by atoms with E-state index in [9.17, 15) is 19.5 Å². The molecule has 1 aromatic heterocycles. The molecule has 0 aliphatic carbocycles. The largest absolute Gasteiger partial charge is 0.480 e. The molecule has 2 N–H and O–H groups in total. The SMILES string of the molecule is CC(C)(C)OC(=O)N[C@H]1CN(c2ccccn2)C[C@H]2CC[C@@H](C(=O)O)N2C1=O. The van der Waals surface area contributed by atoms with E-state index in [0.29, 0.717) is 25.2 Å². The Labute approximate surface area is 163 Å². The number of rotatable bonds is 3. The van der Waals surface area contributed by atoms with Crippen molar-refractivity contribution in [1.29, 1.82) is 0 Å². The minimum Gasteiger partial charge on any atom is -0.480 e. The van der Waals surface area contributed by atoms with E-state index in [1.54, 1.807) is 33.0 Å². The third-order valence-electron chi connectivity index (χ3n) is 4.84. The number of hydrogen-bond acceptors (Lipinski definition) is 6. The van der Waals surface area contributed by atoms with Crippen molar-refractivity contribution in [3.63, 3.8) is 0 Å². The molecule has 3 heterocycles. The smallest absolute Gasteiger partial charge is 0.408 e. The molecule has 2 aliphatic heterocycles. The maximum absolute atomic E-state index is 13.2. The Hall–Kier alpha value is -2.84. The number of aromatic nitrogens is 1. The summed E-state index contributed by atoms with van der Waals surface area (Å²) < 4.78 is 5.28. The molecular formula is C19H26N4O5. The fourth-order valence-electron chi connectivity index (χ4n) is 3.73. The summed E-state index contributed by atoms with van der Waals surface area (Å²) in [5.41, 5.74) is -0.710. The van der Waals surface area contributed by atoms with Crippen LogP contribution in [0.2, 0.25) is 0 Å². The lowest BCUT2D eigenvalue weighted by molar-refractivity contribution is -0.149. The summed E-state index contributed by atoms with van der Waals surface area (Å²) in [7, 11) is 0. The van der Waals surface area contributed by atoms with Gasteiger partial charge >= 0.3 is 12.1 Å². The molecule has 1 aromatic rings. The molecule has 0 spiro atoms. The Morgan fingerprint density at radius 2 is 2.00 bits per heavy atom. The van der Waals surface area contributed by atoms with Crippen LogP contribution in [0.4, 0.5) is 10.6 Å². The van der Waals surface area contributed by atoms with E-state index in [-0.39, 0.29) is 12.6 Å². The van der Waals surface area contributed by atoms with Crippen molar-refractivity contribution in [1.82, 2.24) is 15.2 Å². The summed E-state index contributed by atoms with van der Waals surface area (Å²) in [4.78, 5) is 44.8. The average Bonchev–Trinajstić information content (AvgIpc) is 2.97. The third-order valence-corrected chi connectivity index (χ3v) is 4.84. The Morgan fingerprint density at radius 1 is 1.25 bits per heavy atom. The molecule has 2 fully saturated rings. The number of pyridine rings is 1. The number of carbonyl (C=O) groups is 3. The van der Waals surface area contributed by atoms with Crippen molar-refractivity contribution in [2.24, 2.45) is 0 Å². The first-order chi connectivity index (χ1) is 13.2. The number of aliphatic carboxylic acids is 1. The number of fused-ring (bicyclic) bond motifs is 1. The van der Waals surface area contributed by atoms with Gasteiger partial charge in [0.05, 0.1) is 6.04 Å². The summed E-state index contributed by atoms with van der Waals surface area (Å²) in [5, 5.41) is 12.2. The fraction of sp³-hybridized carbons (Fsp3) is 0.579. The quantitative estimate of drug-likeness (QED) is 0.798.